The van der Waals surface area contributed by atoms with Gasteiger partial charge < -0.3 is 15.5 Å². The lowest BCUT2D eigenvalue weighted by molar-refractivity contribution is 0.229. The Hall–Kier alpha value is -0.630. The van der Waals surface area contributed by atoms with Crippen molar-refractivity contribution < 1.29 is 0 Å². The van der Waals surface area contributed by atoms with Gasteiger partial charge in [0, 0.05) is 17.5 Å². The fourth-order valence-corrected chi connectivity index (χ4v) is 3.20. The molecule has 0 aromatic heterocycles. The van der Waals surface area contributed by atoms with Crippen molar-refractivity contribution in [1.82, 2.24) is 9.80 Å². The minimum Gasteiger partial charge on any atom is -0.325 e. The highest BCUT2D eigenvalue weighted by atomic mass is 15.1. The Labute approximate surface area is 151 Å². The zero-order valence-electron chi connectivity index (χ0n) is 17.1. The van der Waals surface area contributed by atoms with Crippen LogP contribution in [-0.2, 0) is 0 Å². The van der Waals surface area contributed by atoms with Gasteiger partial charge in [-0.3, -0.25) is 0 Å². The Morgan fingerprint density at radius 3 is 2.29 bits per heavy atom. The van der Waals surface area contributed by atoms with Gasteiger partial charge in [-0.1, -0.05) is 13.8 Å². The van der Waals surface area contributed by atoms with Gasteiger partial charge in [-0.25, -0.2) is 0 Å². The van der Waals surface area contributed by atoms with Gasteiger partial charge in [-0.15, -0.1) is 0 Å². The summed E-state index contributed by atoms with van der Waals surface area (Å²) in [5, 5.41) is 8.77. The number of nitrogens with two attached hydrogens (primary N) is 1. The molecule has 2 N–H and O–H groups in total. The smallest absolute Gasteiger partial charge is 0.0656 e. The summed E-state index contributed by atoms with van der Waals surface area (Å²) in [7, 11) is 2.17. The van der Waals surface area contributed by atoms with Crippen LogP contribution >= 0.6 is 0 Å². The molecule has 2 atom stereocenters. The van der Waals surface area contributed by atoms with Crippen LogP contribution in [0.1, 0.15) is 73.1 Å². The van der Waals surface area contributed by atoms with Crippen molar-refractivity contribution in [2.75, 3.05) is 33.2 Å². The summed E-state index contributed by atoms with van der Waals surface area (Å²) in [6.45, 7) is 15.3. The van der Waals surface area contributed by atoms with Crippen molar-refractivity contribution in [3.8, 4) is 6.07 Å². The van der Waals surface area contributed by atoms with E-state index in [1.807, 2.05) is 13.8 Å². The third-order valence-electron chi connectivity index (χ3n) is 5.03. The molecule has 0 bridgehead atoms. The zero-order valence-corrected chi connectivity index (χ0v) is 17.1. The van der Waals surface area contributed by atoms with Crippen molar-refractivity contribution >= 4 is 0 Å². The Kier molecular flexibility index (Phi) is 12.4. The summed E-state index contributed by atoms with van der Waals surface area (Å²) < 4.78 is 0. The predicted octanol–water partition coefficient (Wildman–Crippen LogP) is 3.87. The fraction of sp³-hybridized carbons (Fsp3) is 0.950. The number of nitrogens with zero attached hydrogens (tertiary/aromatic N) is 3. The Morgan fingerprint density at radius 2 is 1.71 bits per heavy atom. The minimum atomic E-state index is 0.102. The molecule has 0 radical (unpaired) electrons. The van der Waals surface area contributed by atoms with Crippen LogP contribution in [0.5, 0.6) is 0 Å². The molecule has 0 aromatic rings. The first-order valence-corrected chi connectivity index (χ1v) is 9.95. The van der Waals surface area contributed by atoms with E-state index in [-0.39, 0.29) is 5.54 Å². The number of likely N-dealkylation sites (tertiary alicyclic amines) is 2. The first-order chi connectivity index (χ1) is 11.3. The van der Waals surface area contributed by atoms with Crippen LogP contribution in [0.15, 0.2) is 0 Å². The topological polar surface area (TPSA) is 56.3 Å². The largest absolute Gasteiger partial charge is 0.325 e. The van der Waals surface area contributed by atoms with Gasteiger partial charge in [-0.2, -0.15) is 5.26 Å². The molecule has 0 aromatic carbocycles. The van der Waals surface area contributed by atoms with Gasteiger partial charge in [0.25, 0.3) is 0 Å². The molecule has 2 aliphatic rings. The van der Waals surface area contributed by atoms with Crippen molar-refractivity contribution in [3.05, 3.63) is 0 Å². The maximum atomic E-state index is 8.77. The first kappa shape index (κ1) is 23.4. The maximum absolute atomic E-state index is 8.77. The summed E-state index contributed by atoms with van der Waals surface area (Å²) in [4.78, 5) is 4.83. The van der Waals surface area contributed by atoms with E-state index < -0.39 is 0 Å². The van der Waals surface area contributed by atoms with Gasteiger partial charge in [0.15, 0.2) is 0 Å². The van der Waals surface area contributed by atoms with Crippen molar-refractivity contribution in [2.45, 2.75) is 84.7 Å². The average Bonchev–Trinajstić information content (AvgIpc) is 2.88. The van der Waals surface area contributed by atoms with Gasteiger partial charge in [-0.05, 0) is 92.5 Å². The minimum absolute atomic E-state index is 0.102. The van der Waals surface area contributed by atoms with Gasteiger partial charge in [0.05, 0.1) is 6.07 Å². The van der Waals surface area contributed by atoms with E-state index in [4.69, 9.17) is 11.0 Å². The standard InChI is InChI=1S/C10H18N2.C8H18N2.C2H6/c1-9(2)12-6-3-4-10(8-11)5-7-12;1-8(9)4-3-6-10(2)7-5-8;1-2/h9-10H,3-7H2,1-2H3;3-7,9H2,1-2H3;1-2H3. The van der Waals surface area contributed by atoms with Crippen LogP contribution in [0.3, 0.4) is 0 Å². The van der Waals surface area contributed by atoms with Crippen LogP contribution in [0.25, 0.3) is 0 Å². The molecule has 2 saturated heterocycles. The van der Waals surface area contributed by atoms with E-state index in [0.29, 0.717) is 12.0 Å². The highest BCUT2D eigenvalue weighted by molar-refractivity contribution is 4.86. The average molecular weight is 339 g/mol. The molecule has 0 amide bonds. The van der Waals surface area contributed by atoms with Crippen LogP contribution in [-0.4, -0.2) is 54.6 Å². The quantitative estimate of drug-likeness (QED) is 0.788. The molecule has 2 aliphatic heterocycles. The second-order valence-corrected chi connectivity index (χ2v) is 7.70. The van der Waals surface area contributed by atoms with Crippen molar-refractivity contribution in [2.24, 2.45) is 11.7 Å². The Balaban J connectivity index is 0.000000405. The van der Waals surface area contributed by atoms with Crippen LogP contribution < -0.4 is 5.73 Å². The van der Waals surface area contributed by atoms with Gasteiger partial charge in [0.2, 0.25) is 0 Å². The molecule has 0 spiro atoms. The summed E-state index contributed by atoms with van der Waals surface area (Å²) in [6.07, 6.45) is 6.93. The van der Waals surface area contributed by atoms with Crippen LogP contribution in [0.4, 0.5) is 0 Å². The molecule has 4 heteroatoms. The van der Waals surface area contributed by atoms with E-state index in [1.165, 1.54) is 32.4 Å². The molecule has 4 nitrogen and oxygen atoms in total. The summed E-state index contributed by atoms with van der Waals surface area (Å²) in [5.74, 6) is 0.314. The zero-order chi connectivity index (χ0) is 18.6. The van der Waals surface area contributed by atoms with Gasteiger partial charge in [0.1, 0.15) is 0 Å². The normalized spacial score (nSPS) is 29.2. The van der Waals surface area contributed by atoms with Crippen molar-refractivity contribution in [1.29, 1.82) is 5.26 Å². The molecule has 0 saturated carbocycles. The third-order valence-corrected chi connectivity index (χ3v) is 5.03. The Bertz CT molecular complexity index is 346. The van der Waals surface area contributed by atoms with E-state index in [9.17, 15) is 0 Å². The highest BCUT2D eigenvalue weighted by Gasteiger charge is 2.21. The molecule has 2 unspecified atom stereocenters. The van der Waals surface area contributed by atoms with Crippen molar-refractivity contribution in [3.63, 3.8) is 0 Å². The van der Waals surface area contributed by atoms with E-state index in [1.54, 1.807) is 0 Å². The molecular weight excluding hydrogens is 296 g/mol. The van der Waals surface area contributed by atoms with Gasteiger partial charge >= 0.3 is 0 Å². The lowest BCUT2D eigenvalue weighted by Gasteiger charge is -2.23. The van der Waals surface area contributed by atoms with E-state index in [0.717, 1.165) is 32.4 Å². The summed E-state index contributed by atoms with van der Waals surface area (Å²) in [6, 6.07) is 3.02. The number of nitriles is 1. The lowest BCUT2D eigenvalue weighted by Crippen LogP contribution is -2.36. The molecule has 2 fully saturated rings. The fourth-order valence-electron chi connectivity index (χ4n) is 3.20. The number of hydrogen-bond acceptors (Lipinski definition) is 4. The second-order valence-electron chi connectivity index (χ2n) is 7.70. The van der Waals surface area contributed by atoms with E-state index in [2.05, 4.69) is 43.7 Å². The highest BCUT2D eigenvalue weighted by Crippen LogP contribution is 2.18. The summed E-state index contributed by atoms with van der Waals surface area (Å²) in [5.41, 5.74) is 6.12. The van der Waals surface area contributed by atoms with Crippen LogP contribution in [0, 0.1) is 17.2 Å². The molecular formula is C20H42N4. The monoisotopic (exact) mass is 338 g/mol. The Morgan fingerprint density at radius 1 is 1.04 bits per heavy atom. The number of hydrogen-bond donors (Lipinski definition) is 1. The van der Waals surface area contributed by atoms with E-state index >= 15 is 0 Å². The molecule has 24 heavy (non-hydrogen) atoms. The summed E-state index contributed by atoms with van der Waals surface area (Å²) >= 11 is 0. The molecule has 2 rings (SSSR count). The molecule has 142 valence electrons. The predicted molar refractivity (Wildman–Crippen MR) is 105 cm³/mol. The third kappa shape index (κ3) is 10.3. The maximum Gasteiger partial charge on any atom is 0.0656 e. The number of rotatable bonds is 1. The second kappa shape index (κ2) is 12.7. The lowest BCUT2D eigenvalue weighted by atomic mass is 9.95. The van der Waals surface area contributed by atoms with Crippen LogP contribution in [0.2, 0.25) is 0 Å². The first-order valence-electron chi connectivity index (χ1n) is 9.95. The molecule has 2 heterocycles. The molecule has 0 aliphatic carbocycles. The SMILES string of the molecule is CC.CC(C)N1CCCC(C#N)CC1.CN1CCCC(C)(N)CC1.